The van der Waals surface area contributed by atoms with E-state index >= 15 is 0 Å². The molecule has 22 heavy (non-hydrogen) atoms. The van der Waals surface area contributed by atoms with Crippen LogP contribution in [0, 0.1) is 0 Å². The molecule has 5 nitrogen and oxygen atoms in total. The van der Waals surface area contributed by atoms with Crippen molar-refractivity contribution >= 4 is 22.3 Å². The number of anilines is 1. The van der Waals surface area contributed by atoms with Crippen LogP contribution in [0.5, 0.6) is 0 Å². The number of rotatable bonds is 3. The van der Waals surface area contributed by atoms with Crippen molar-refractivity contribution in [1.29, 1.82) is 0 Å². The molecule has 5 heteroatoms. The van der Waals surface area contributed by atoms with Crippen LogP contribution in [0.25, 0.3) is 16.6 Å². The molecule has 1 aromatic carbocycles. The first-order valence-corrected chi connectivity index (χ1v) is 7.59. The molecule has 0 atom stereocenters. The van der Waals surface area contributed by atoms with Crippen LogP contribution in [-0.4, -0.2) is 26.6 Å². The number of H-pyrrole nitrogens is 2. The Hall–Kier alpha value is -2.69. The summed E-state index contributed by atoms with van der Waals surface area (Å²) in [7, 11) is 0. The maximum absolute atomic E-state index is 4.08. The van der Waals surface area contributed by atoms with Gasteiger partial charge in [0.25, 0.3) is 0 Å². The molecule has 4 rings (SSSR count). The second-order valence-electron chi connectivity index (χ2n) is 5.64. The molecule has 0 amide bonds. The molecule has 3 aromatic rings. The highest BCUT2D eigenvalue weighted by Crippen LogP contribution is 2.32. The zero-order chi connectivity index (χ0) is 15.1. The Kier molecular flexibility index (Phi) is 2.92. The first-order valence-electron chi connectivity index (χ1n) is 7.59. The van der Waals surface area contributed by atoms with Gasteiger partial charge in [0, 0.05) is 40.8 Å². The normalized spacial score (nSPS) is 14.5. The van der Waals surface area contributed by atoms with E-state index in [1.54, 1.807) is 0 Å². The molecule has 1 aliphatic rings. The zero-order valence-electron chi connectivity index (χ0n) is 12.8. The average Bonchev–Trinajstić information content (AvgIpc) is 3.17. The van der Waals surface area contributed by atoms with Gasteiger partial charge in [-0.15, -0.1) is 0 Å². The Bertz CT molecular complexity index is 855. The SMILES string of the molecule is CCN1Cc2[nH]ccc2C(Nc2ccc3[nH]ncc3c2)=C1C. The van der Waals surface area contributed by atoms with E-state index in [1.165, 1.54) is 22.7 Å². The highest BCUT2D eigenvalue weighted by atomic mass is 15.2. The van der Waals surface area contributed by atoms with Crippen molar-refractivity contribution in [1.82, 2.24) is 20.1 Å². The molecule has 2 aromatic heterocycles. The van der Waals surface area contributed by atoms with E-state index in [9.17, 15) is 0 Å². The Labute approximate surface area is 129 Å². The zero-order valence-corrected chi connectivity index (χ0v) is 12.8. The lowest BCUT2D eigenvalue weighted by Gasteiger charge is -2.31. The number of allylic oxidation sites excluding steroid dienone is 1. The third-order valence-electron chi connectivity index (χ3n) is 4.38. The van der Waals surface area contributed by atoms with Crippen LogP contribution >= 0.6 is 0 Å². The molecule has 112 valence electrons. The fraction of sp³-hybridized carbons (Fsp3) is 0.235. The highest BCUT2D eigenvalue weighted by molar-refractivity contribution is 5.86. The second kappa shape index (κ2) is 4.94. The number of hydrogen-bond donors (Lipinski definition) is 3. The Morgan fingerprint density at radius 3 is 3.09 bits per heavy atom. The molecule has 0 saturated carbocycles. The minimum atomic E-state index is 0.941. The van der Waals surface area contributed by atoms with Gasteiger partial charge >= 0.3 is 0 Å². The maximum Gasteiger partial charge on any atom is 0.0668 e. The topological polar surface area (TPSA) is 59.7 Å². The maximum atomic E-state index is 4.08. The summed E-state index contributed by atoms with van der Waals surface area (Å²) in [6, 6.07) is 8.40. The largest absolute Gasteiger partial charge is 0.368 e. The van der Waals surface area contributed by atoms with E-state index in [-0.39, 0.29) is 0 Å². The molecule has 1 aliphatic heterocycles. The summed E-state index contributed by atoms with van der Waals surface area (Å²) in [4.78, 5) is 5.73. The van der Waals surface area contributed by atoms with Crippen molar-refractivity contribution in [2.75, 3.05) is 11.9 Å². The first-order chi connectivity index (χ1) is 10.8. The van der Waals surface area contributed by atoms with Crippen molar-refractivity contribution in [2.24, 2.45) is 0 Å². The number of benzene rings is 1. The van der Waals surface area contributed by atoms with Gasteiger partial charge < -0.3 is 15.2 Å². The van der Waals surface area contributed by atoms with Crippen LogP contribution in [0.15, 0.2) is 42.4 Å². The number of fused-ring (bicyclic) bond motifs is 2. The predicted octanol–water partition coefficient (Wildman–Crippen LogP) is 3.53. The number of hydrogen-bond acceptors (Lipinski definition) is 3. The van der Waals surface area contributed by atoms with E-state index < -0.39 is 0 Å². The van der Waals surface area contributed by atoms with E-state index in [2.05, 4.69) is 63.5 Å². The molecular weight excluding hydrogens is 274 g/mol. The van der Waals surface area contributed by atoms with Gasteiger partial charge in [0.15, 0.2) is 0 Å². The molecule has 0 aliphatic carbocycles. The minimum Gasteiger partial charge on any atom is -0.368 e. The lowest BCUT2D eigenvalue weighted by molar-refractivity contribution is 0.348. The second-order valence-corrected chi connectivity index (χ2v) is 5.64. The molecule has 0 spiro atoms. The third-order valence-corrected chi connectivity index (χ3v) is 4.38. The standard InChI is InChI=1S/C17H19N5/c1-3-22-10-16-14(6-7-18-16)17(11(22)2)20-13-4-5-15-12(8-13)9-19-21-15/h4-9,18,20H,3,10H2,1-2H3,(H,19,21). The van der Waals surface area contributed by atoms with Crippen molar-refractivity contribution < 1.29 is 0 Å². The molecule has 3 N–H and O–H groups in total. The van der Waals surface area contributed by atoms with Gasteiger partial charge in [0.05, 0.1) is 24.0 Å². The summed E-state index contributed by atoms with van der Waals surface area (Å²) in [6.45, 7) is 6.30. The van der Waals surface area contributed by atoms with E-state index in [1.807, 2.05) is 12.4 Å². The fourth-order valence-electron chi connectivity index (χ4n) is 3.10. The Morgan fingerprint density at radius 1 is 1.32 bits per heavy atom. The van der Waals surface area contributed by atoms with Gasteiger partial charge in [-0.2, -0.15) is 5.10 Å². The average molecular weight is 293 g/mol. The van der Waals surface area contributed by atoms with Gasteiger partial charge in [-0.3, -0.25) is 5.10 Å². The number of nitrogens with zero attached hydrogens (tertiary/aromatic N) is 2. The van der Waals surface area contributed by atoms with Crippen LogP contribution in [0.4, 0.5) is 5.69 Å². The van der Waals surface area contributed by atoms with Gasteiger partial charge in [-0.25, -0.2) is 0 Å². The fourth-order valence-corrected chi connectivity index (χ4v) is 3.10. The number of aromatic nitrogens is 3. The molecule has 0 bridgehead atoms. The van der Waals surface area contributed by atoms with Crippen molar-refractivity contribution in [3.05, 3.63) is 53.6 Å². The molecule has 0 radical (unpaired) electrons. The first kappa shape index (κ1) is 13.0. The number of aromatic amines is 2. The van der Waals surface area contributed by atoms with E-state index in [4.69, 9.17) is 0 Å². The molecule has 0 saturated heterocycles. The van der Waals surface area contributed by atoms with Crippen LogP contribution in [0.2, 0.25) is 0 Å². The quantitative estimate of drug-likeness (QED) is 0.692. The van der Waals surface area contributed by atoms with Crippen LogP contribution in [0.3, 0.4) is 0 Å². The minimum absolute atomic E-state index is 0.941. The molecule has 3 heterocycles. The van der Waals surface area contributed by atoms with E-state index in [0.717, 1.165) is 29.7 Å². The number of nitrogens with one attached hydrogen (secondary N) is 3. The highest BCUT2D eigenvalue weighted by Gasteiger charge is 2.22. The summed E-state index contributed by atoms with van der Waals surface area (Å²) in [6.07, 6.45) is 3.86. The third kappa shape index (κ3) is 1.97. The monoisotopic (exact) mass is 293 g/mol. The van der Waals surface area contributed by atoms with Crippen LogP contribution < -0.4 is 5.32 Å². The summed E-state index contributed by atoms with van der Waals surface area (Å²) < 4.78 is 0. The van der Waals surface area contributed by atoms with Crippen molar-refractivity contribution in [3.8, 4) is 0 Å². The van der Waals surface area contributed by atoms with Gasteiger partial charge in [-0.05, 0) is 38.1 Å². The van der Waals surface area contributed by atoms with Crippen LogP contribution in [0.1, 0.15) is 25.1 Å². The van der Waals surface area contributed by atoms with Gasteiger partial charge in [0.1, 0.15) is 0 Å². The lowest BCUT2D eigenvalue weighted by atomic mass is 10.0. The smallest absolute Gasteiger partial charge is 0.0668 e. The Balaban J connectivity index is 1.76. The van der Waals surface area contributed by atoms with Gasteiger partial charge in [-0.1, -0.05) is 0 Å². The molecule has 0 unspecified atom stereocenters. The van der Waals surface area contributed by atoms with E-state index in [0.29, 0.717) is 0 Å². The lowest BCUT2D eigenvalue weighted by Crippen LogP contribution is -2.27. The van der Waals surface area contributed by atoms with Crippen molar-refractivity contribution in [3.63, 3.8) is 0 Å². The van der Waals surface area contributed by atoms with Gasteiger partial charge in [0.2, 0.25) is 0 Å². The summed E-state index contributed by atoms with van der Waals surface area (Å²) in [5, 5.41) is 11.8. The summed E-state index contributed by atoms with van der Waals surface area (Å²) in [5.41, 5.74) is 7.11. The van der Waals surface area contributed by atoms with Crippen molar-refractivity contribution in [2.45, 2.75) is 20.4 Å². The summed E-state index contributed by atoms with van der Waals surface area (Å²) >= 11 is 0. The molecular formula is C17H19N5. The van der Waals surface area contributed by atoms with Crippen LogP contribution in [-0.2, 0) is 6.54 Å². The predicted molar refractivity (Wildman–Crippen MR) is 89.2 cm³/mol. The Morgan fingerprint density at radius 2 is 2.23 bits per heavy atom. The summed E-state index contributed by atoms with van der Waals surface area (Å²) in [5.74, 6) is 0. The molecule has 0 fully saturated rings.